The molecule has 0 amide bonds. The Labute approximate surface area is 490 Å². The van der Waals surface area contributed by atoms with E-state index < -0.39 is 18.4 Å². The van der Waals surface area contributed by atoms with E-state index in [4.69, 9.17) is 0 Å². The Morgan fingerprint density at radius 2 is 0.986 bits per heavy atom. The molecule has 0 saturated carbocycles. The zero-order valence-electron chi connectivity index (χ0n) is 42.0. The number of halogens is 4. The van der Waals surface area contributed by atoms with E-state index in [0.29, 0.717) is 16.2 Å². The van der Waals surface area contributed by atoms with Crippen molar-refractivity contribution in [1.29, 1.82) is 0 Å². The molecule has 6 heterocycles. The molecule has 0 atom stereocenters. The molecule has 9 rings (SSSR count). The number of fused-ring (bicyclic) bond motifs is 9. The van der Waals surface area contributed by atoms with Gasteiger partial charge in [0.25, 0.3) is 16.7 Å². The van der Waals surface area contributed by atoms with E-state index in [1.54, 1.807) is 36.8 Å². The van der Waals surface area contributed by atoms with Crippen LogP contribution in [0.3, 0.4) is 0 Å². The van der Waals surface area contributed by atoms with Crippen LogP contribution in [0.5, 0.6) is 0 Å². The molecule has 0 radical (unpaired) electrons. The molecule has 0 saturated heterocycles. The van der Waals surface area contributed by atoms with Gasteiger partial charge in [0.15, 0.2) is 3.01 Å². The second-order valence-electron chi connectivity index (χ2n) is 17.0. The van der Waals surface area contributed by atoms with Gasteiger partial charge in [-0.3, -0.25) is 14.4 Å². The summed E-state index contributed by atoms with van der Waals surface area (Å²) in [5.41, 5.74) is 2.50. The van der Waals surface area contributed by atoms with Gasteiger partial charge < -0.3 is 25.2 Å². The number of pyridine rings is 3. The van der Waals surface area contributed by atoms with E-state index in [1.165, 1.54) is 61.2 Å². The quantitative estimate of drug-likeness (QED) is 0.0620. The number of nitrogens with zero attached hydrogens (tertiary/aromatic N) is 4. The van der Waals surface area contributed by atoms with Crippen molar-refractivity contribution in [1.82, 2.24) is 40.1 Å². The first-order chi connectivity index (χ1) is 34.6. The third-order valence-corrected chi connectivity index (χ3v) is 29.0. The third-order valence-electron chi connectivity index (χ3n) is 11.3. The molecule has 0 aliphatic rings. The van der Waals surface area contributed by atoms with Gasteiger partial charge in [-0.2, -0.15) is 0 Å². The van der Waals surface area contributed by atoms with Gasteiger partial charge in [-0.25, -0.2) is 15.0 Å². The summed E-state index contributed by atoms with van der Waals surface area (Å²) in [4.78, 5) is 62.0. The predicted molar refractivity (Wildman–Crippen MR) is 350 cm³/mol. The molecule has 9 aromatic rings. The SMILES string of the molecule is C=Cc1nc2c([nH]c(=O)c3ccccc32)s1.C=[CH][Sn]([CH2]CCC)([CH2]CCC)[CH2]CCC.CN(C)CCc1nc2c([nH]c(=O)c3ccccc32)s1.CNC.O=c1[nH]c2sc(I)nc2c2ccccc12.[I][V]([I])[I]. The van der Waals surface area contributed by atoms with Gasteiger partial charge in [0.05, 0.1) is 5.01 Å². The second kappa shape index (κ2) is 33.1. The molecule has 3 aromatic carbocycles. The van der Waals surface area contributed by atoms with Crippen molar-refractivity contribution in [2.24, 2.45) is 0 Å². The van der Waals surface area contributed by atoms with E-state index in [1.807, 2.05) is 94.9 Å². The first-order valence-electron chi connectivity index (χ1n) is 23.7. The molecule has 0 aliphatic carbocycles. The molecule has 6 aromatic heterocycles. The van der Waals surface area contributed by atoms with E-state index in [2.05, 4.69) is 161 Å². The average Bonchev–Trinajstić information content (AvgIpc) is 4.10. The number of H-pyrrole nitrogens is 3. The fourth-order valence-electron chi connectivity index (χ4n) is 7.75. The first-order valence-corrected chi connectivity index (χ1v) is 48.5. The van der Waals surface area contributed by atoms with Gasteiger partial charge in [0.2, 0.25) is 0 Å². The molecule has 0 fully saturated rings. The fourth-order valence-corrected chi connectivity index (χ4v) is 24.1. The van der Waals surface area contributed by atoms with Crippen LogP contribution in [0.1, 0.15) is 69.3 Å². The van der Waals surface area contributed by atoms with Crippen molar-refractivity contribution in [3.05, 3.63) is 134 Å². The molecule has 72 heavy (non-hydrogen) atoms. The molecule has 11 nitrogen and oxygen atoms in total. The van der Waals surface area contributed by atoms with E-state index in [0.717, 1.165) is 73.2 Å². The number of nitrogens with one attached hydrogen (secondary N) is 4. The van der Waals surface area contributed by atoms with E-state index in [9.17, 15) is 14.4 Å². The van der Waals surface area contributed by atoms with Crippen LogP contribution >= 0.6 is 117 Å². The Hall–Kier alpha value is -1.34. The number of likely N-dealkylation sites (N-methyl/N-ethyl adjacent to an activating group) is 1. The van der Waals surface area contributed by atoms with Crippen LogP contribution < -0.4 is 22.0 Å². The number of aromatic amines is 3. The molecular weight excluding hydrogens is 1560 g/mol. The zero-order valence-corrected chi connectivity index (χ0v) is 57.3. The fraction of sp³-hybridized carbons (Fsp3) is 0.346. The molecule has 0 unspecified atom stereocenters. The standard InChI is InChI=1S/C14H15N3OS.C12H8N2OS.C10H5IN2OS.3C4H9.C2H7N.C2H3.3HI.Sn.V/c1-17(2)8-7-11-15-12-9-5-3-4-6-10(9)13(18)16-14(12)19-11;1-2-9-13-10-7-5-3-4-6-8(7)11(15)14-12(10)16-9;11-10-12-7-5-3-1-2-4-6(5)8(14)13-9(7)15-10;3*1-3-4-2;1-3-2;1-2;;;;;/h3-6H,7-8H2,1-2H3,(H,16,18);2-6H,1H2,(H,14,15);1-4H,(H,13,14);3*1,3-4H2,2H3;3H,1-2H3;1H,2H2;3*1H;;/q;;;;;;;;;;;;+3/p-3. The molecule has 0 spiro atoms. The summed E-state index contributed by atoms with van der Waals surface area (Å²) in [6, 6.07) is 22.6. The van der Waals surface area contributed by atoms with Crippen LogP contribution in [0, 0.1) is 3.01 Å². The number of hydrogen-bond donors (Lipinski definition) is 4. The molecule has 0 bridgehead atoms. The van der Waals surface area contributed by atoms with Crippen molar-refractivity contribution < 1.29 is 4.92 Å². The number of rotatable bonds is 14. The molecule has 0 aliphatic heterocycles. The summed E-state index contributed by atoms with van der Waals surface area (Å²) in [5, 5.41) is 9.48. The van der Waals surface area contributed by atoms with Gasteiger partial charge in [-0.1, -0.05) is 83.8 Å². The van der Waals surface area contributed by atoms with Gasteiger partial charge in [0, 0.05) is 45.3 Å². The van der Waals surface area contributed by atoms with Crippen LogP contribution in [0.4, 0.5) is 0 Å². The minimum atomic E-state index is -1.85. The van der Waals surface area contributed by atoms with Crippen molar-refractivity contribution in [3.8, 4) is 0 Å². The molecule has 386 valence electrons. The summed E-state index contributed by atoms with van der Waals surface area (Å²) in [6.45, 7) is 15.8. The van der Waals surface area contributed by atoms with Gasteiger partial charge in [-0.15, -0.1) is 11.3 Å². The van der Waals surface area contributed by atoms with Crippen molar-refractivity contribution in [3.63, 3.8) is 0 Å². The normalized spacial score (nSPS) is 11.1. The maximum atomic E-state index is 12.0. The van der Waals surface area contributed by atoms with Crippen LogP contribution in [-0.4, -0.2) is 87.9 Å². The molecule has 4 N–H and O–H groups in total. The van der Waals surface area contributed by atoms with Crippen molar-refractivity contribution in [2.45, 2.75) is 79.0 Å². The molecule has 20 heteroatoms. The number of thiazole rings is 3. The second-order valence-corrected chi connectivity index (χ2v) is 70.4. The van der Waals surface area contributed by atoms with Crippen LogP contribution in [0.15, 0.2) is 104 Å². The number of benzene rings is 3. The summed E-state index contributed by atoms with van der Waals surface area (Å²) < 4.78 is 8.10. The Morgan fingerprint density at radius 1 is 0.625 bits per heavy atom. The summed E-state index contributed by atoms with van der Waals surface area (Å²) >= 11 is 12.2. The average molecular weight is 1620 g/mol. The predicted octanol–water partition coefficient (Wildman–Crippen LogP) is 15.8. The van der Waals surface area contributed by atoms with Crippen LogP contribution in [0.2, 0.25) is 13.3 Å². The third kappa shape index (κ3) is 19.0. The van der Waals surface area contributed by atoms with Gasteiger partial charge in [-0.05, 0) is 75.1 Å². The number of aromatic nitrogens is 6. The zero-order chi connectivity index (χ0) is 52.8. The Bertz CT molecular complexity index is 3290. The monoisotopic (exact) mass is 1620 g/mol. The minimum absolute atomic E-state index is 0.0362. The Balaban J connectivity index is 0.000000200. The van der Waals surface area contributed by atoms with Gasteiger partial charge in [0.1, 0.15) is 36.0 Å². The first kappa shape index (κ1) is 63.2. The van der Waals surface area contributed by atoms with Crippen molar-refractivity contribution in [2.75, 3.05) is 34.7 Å². The summed E-state index contributed by atoms with van der Waals surface area (Å²) in [5.74, 6) is 0. The Kier molecular flexibility index (Phi) is 29.0. The number of hydrogen-bond acceptors (Lipinski definition) is 11. The van der Waals surface area contributed by atoms with Gasteiger partial charge >= 0.3 is 167 Å². The summed E-state index contributed by atoms with van der Waals surface area (Å²) in [6.07, 6.45) is 11.1. The Morgan fingerprint density at radius 3 is 1.36 bits per heavy atom. The summed E-state index contributed by atoms with van der Waals surface area (Å²) in [7, 11) is 7.84. The molecular formula is C52H65I4N8O3S3SnV. The van der Waals surface area contributed by atoms with E-state index in [-0.39, 0.29) is 21.6 Å². The van der Waals surface area contributed by atoms with Crippen molar-refractivity contribution >= 4 is 204 Å². The van der Waals surface area contributed by atoms with Crippen LogP contribution in [0.25, 0.3) is 69.4 Å². The van der Waals surface area contributed by atoms with E-state index >= 15 is 0 Å². The number of unbranched alkanes of at least 4 members (excludes halogenated alkanes) is 3. The maximum absolute atomic E-state index is 12.0. The topological polar surface area (TPSA) is 153 Å². The van der Waals surface area contributed by atoms with Crippen LogP contribution in [-0.2, 0) is 11.3 Å².